The van der Waals surface area contributed by atoms with Gasteiger partial charge in [0.05, 0.1) is 17.6 Å². The van der Waals surface area contributed by atoms with E-state index in [1.807, 2.05) is 26.0 Å². The first-order valence-corrected chi connectivity index (χ1v) is 10.9. The summed E-state index contributed by atoms with van der Waals surface area (Å²) in [7, 11) is -3.36. The standard InChI is InChI=1S/C19H20N6O3S/c1-12-4-6-16(24-11-20-22-23-24)10-17(12)21-19(26)14-5-7-18-15(9-14)8-13(2)25(18)29(3,27)28/h4-7,9-11,13H,8H2,1-3H3,(H,21,26). The predicted octanol–water partition coefficient (Wildman–Crippen LogP) is 1.93. The van der Waals surface area contributed by atoms with Gasteiger partial charge in [0.2, 0.25) is 10.0 Å². The molecule has 0 aliphatic carbocycles. The van der Waals surface area contributed by atoms with E-state index in [-0.39, 0.29) is 11.9 Å². The SMILES string of the molecule is Cc1ccc(-n2cnnn2)cc1NC(=O)c1ccc2c(c1)CC(C)N2S(C)(=O)=O. The van der Waals surface area contributed by atoms with Crippen molar-refractivity contribution in [1.29, 1.82) is 0 Å². The summed E-state index contributed by atoms with van der Waals surface area (Å²) in [5, 5.41) is 14.0. The van der Waals surface area contributed by atoms with Gasteiger partial charge in [-0.25, -0.2) is 13.1 Å². The van der Waals surface area contributed by atoms with Crippen LogP contribution in [-0.2, 0) is 16.4 Å². The first-order chi connectivity index (χ1) is 13.7. The number of nitrogens with zero attached hydrogens (tertiary/aromatic N) is 5. The fourth-order valence-electron chi connectivity index (χ4n) is 3.61. The topological polar surface area (TPSA) is 110 Å². The number of aromatic nitrogens is 4. The number of anilines is 2. The van der Waals surface area contributed by atoms with Gasteiger partial charge in [-0.05, 0) is 72.2 Å². The highest BCUT2D eigenvalue weighted by atomic mass is 32.2. The van der Waals surface area contributed by atoms with Gasteiger partial charge in [0, 0.05) is 17.3 Å². The van der Waals surface area contributed by atoms with Crippen molar-refractivity contribution in [2.24, 2.45) is 0 Å². The van der Waals surface area contributed by atoms with Crippen LogP contribution in [-0.4, -0.2) is 46.8 Å². The van der Waals surface area contributed by atoms with E-state index in [1.165, 1.54) is 21.6 Å². The molecule has 3 aromatic rings. The summed E-state index contributed by atoms with van der Waals surface area (Å²) in [6, 6.07) is 10.5. The normalized spacial score (nSPS) is 16.0. The number of benzene rings is 2. The molecular weight excluding hydrogens is 392 g/mol. The van der Waals surface area contributed by atoms with Crippen molar-refractivity contribution in [1.82, 2.24) is 20.2 Å². The van der Waals surface area contributed by atoms with Crippen molar-refractivity contribution in [3.05, 3.63) is 59.4 Å². The van der Waals surface area contributed by atoms with Crippen LogP contribution in [0.1, 0.15) is 28.4 Å². The van der Waals surface area contributed by atoms with Crippen molar-refractivity contribution < 1.29 is 13.2 Å². The molecule has 29 heavy (non-hydrogen) atoms. The lowest BCUT2D eigenvalue weighted by Gasteiger charge is -2.21. The first-order valence-electron chi connectivity index (χ1n) is 9.02. The summed E-state index contributed by atoms with van der Waals surface area (Å²) < 4.78 is 27.0. The number of hydrogen-bond donors (Lipinski definition) is 1. The van der Waals surface area contributed by atoms with Crippen LogP contribution in [0.3, 0.4) is 0 Å². The number of tetrazole rings is 1. The van der Waals surface area contributed by atoms with Crippen LogP contribution in [0.25, 0.3) is 5.69 Å². The van der Waals surface area contributed by atoms with Gasteiger partial charge < -0.3 is 5.32 Å². The monoisotopic (exact) mass is 412 g/mol. The highest BCUT2D eigenvalue weighted by Crippen LogP contribution is 2.35. The lowest BCUT2D eigenvalue weighted by Crippen LogP contribution is -2.34. The molecule has 1 aliphatic rings. The Hall–Kier alpha value is -3.27. The lowest BCUT2D eigenvalue weighted by atomic mass is 10.1. The maximum atomic E-state index is 12.8. The molecular formula is C19H20N6O3S. The summed E-state index contributed by atoms with van der Waals surface area (Å²) in [4.78, 5) is 12.8. The first kappa shape index (κ1) is 19.1. The quantitative estimate of drug-likeness (QED) is 0.701. The summed E-state index contributed by atoms with van der Waals surface area (Å²) in [6.45, 7) is 3.75. The third-order valence-corrected chi connectivity index (χ3v) is 6.21. The van der Waals surface area contributed by atoms with E-state index in [0.717, 1.165) is 16.8 Å². The van der Waals surface area contributed by atoms with Gasteiger partial charge >= 0.3 is 0 Å². The molecule has 1 unspecified atom stereocenters. The average Bonchev–Trinajstić information content (AvgIpc) is 3.29. The van der Waals surface area contributed by atoms with Gasteiger partial charge in [-0.2, -0.15) is 0 Å². The molecule has 4 rings (SSSR count). The highest BCUT2D eigenvalue weighted by molar-refractivity contribution is 7.92. The van der Waals surface area contributed by atoms with Crippen LogP contribution in [0.4, 0.5) is 11.4 Å². The number of aryl methyl sites for hydroxylation is 1. The number of carbonyl (C=O) groups excluding carboxylic acids is 1. The zero-order valence-electron chi connectivity index (χ0n) is 16.2. The van der Waals surface area contributed by atoms with Gasteiger partial charge in [0.1, 0.15) is 6.33 Å². The second-order valence-electron chi connectivity index (χ2n) is 7.16. The Balaban J connectivity index is 1.61. The van der Waals surface area contributed by atoms with Crippen LogP contribution in [0.15, 0.2) is 42.7 Å². The van der Waals surface area contributed by atoms with Gasteiger partial charge in [-0.1, -0.05) is 6.07 Å². The summed E-state index contributed by atoms with van der Waals surface area (Å²) in [6.07, 6.45) is 3.24. The Morgan fingerprint density at radius 1 is 1.21 bits per heavy atom. The molecule has 0 radical (unpaired) electrons. The maximum Gasteiger partial charge on any atom is 0.255 e. The molecule has 0 saturated heterocycles. The summed E-state index contributed by atoms with van der Waals surface area (Å²) in [5.74, 6) is -0.268. The van der Waals surface area contributed by atoms with Crippen LogP contribution >= 0.6 is 0 Å². The molecule has 0 bridgehead atoms. The molecule has 9 nitrogen and oxygen atoms in total. The largest absolute Gasteiger partial charge is 0.322 e. The van der Waals surface area contributed by atoms with Crippen molar-refractivity contribution in [2.45, 2.75) is 26.3 Å². The average molecular weight is 412 g/mol. The highest BCUT2D eigenvalue weighted by Gasteiger charge is 2.32. The van der Waals surface area contributed by atoms with Crippen LogP contribution in [0.5, 0.6) is 0 Å². The third kappa shape index (κ3) is 3.58. The molecule has 0 fully saturated rings. The molecule has 2 heterocycles. The lowest BCUT2D eigenvalue weighted by molar-refractivity contribution is 0.102. The second-order valence-corrected chi connectivity index (χ2v) is 9.02. The Labute approximate surface area is 168 Å². The summed E-state index contributed by atoms with van der Waals surface area (Å²) in [5.41, 5.74) is 4.21. The number of rotatable bonds is 4. The van der Waals surface area contributed by atoms with E-state index < -0.39 is 10.0 Å². The number of amides is 1. The van der Waals surface area contributed by atoms with E-state index in [2.05, 4.69) is 20.8 Å². The molecule has 0 saturated carbocycles. The van der Waals surface area contributed by atoms with Gasteiger partial charge in [0.15, 0.2) is 0 Å². The smallest absolute Gasteiger partial charge is 0.255 e. The van der Waals surface area contributed by atoms with E-state index in [1.54, 1.807) is 24.3 Å². The van der Waals surface area contributed by atoms with Crippen LogP contribution in [0.2, 0.25) is 0 Å². The molecule has 1 atom stereocenters. The molecule has 2 aromatic carbocycles. The van der Waals surface area contributed by atoms with Crippen molar-refractivity contribution >= 4 is 27.3 Å². The molecule has 0 spiro atoms. The minimum atomic E-state index is -3.36. The number of nitrogens with one attached hydrogen (secondary N) is 1. The van der Waals surface area contributed by atoms with E-state index in [4.69, 9.17) is 0 Å². The molecule has 1 amide bonds. The minimum Gasteiger partial charge on any atom is -0.322 e. The van der Waals surface area contributed by atoms with Crippen LogP contribution < -0.4 is 9.62 Å². The Kier molecular flexibility index (Phi) is 4.58. The molecule has 1 N–H and O–H groups in total. The van der Waals surface area contributed by atoms with Crippen molar-refractivity contribution in [2.75, 3.05) is 15.9 Å². The third-order valence-electron chi connectivity index (χ3n) is 4.93. The van der Waals surface area contributed by atoms with Crippen molar-refractivity contribution in [3.8, 4) is 5.69 Å². The molecule has 10 heteroatoms. The second kappa shape index (κ2) is 6.96. The van der Waals surface area contributed by atoms with Crippen LogP contribution in [0, 0.1) is 6.92 Å². The minimum absolute atomic E-state index is 0.173. The Morgan fingerprint density at radius 2 is 2.00 bits per heavy atom. The number of hydrogen-bond acceptors (Lipinski definition) is 6. The number of fused-ring (bicyclic) bond motifs is 1. The zero-order chi connectivity index (χ0) is 20.8. The predicted molar refractivity (Wildman–Crippen MR) is 109 cm³/mol. The maximum absolute atomic E-state index is 12.8. The van der Waals surface area contributed by atoms with E-state index >= 15 is 0 Å². The fourth-order valence-corrected chi connectivity index (χ4v) is 4.87. The molecule has 1 aromatic heterocycles. The summed E-state index contributed by atoms with van der Waals surface area (Å²) >= 11 is 0. The van der Waals surface area contributed by atoms with Gasteiger partial charge in [0.25, 0.3) is 5.91 Å². The number of sulfonamides is 1. The number of carbonyl (C=O) groups is 1. The van der Waals surface area contributed by atoms with E-state index in [0.29, 0.717) is 23.4 Å². The van der Waals surface area contributed by atoms with Crippen molar-refractivity contribution in [3.63, 3.8) is 0 Å². The van der Waals surface area contributed by atoms with E-state index in [9.17, 15) is 13.2 Å². The molecule has 1 aliphatic heterocycles. The Bertz CT molecular complexity index is 1190. The molecule has 150 valence electrons. The van der Waals surface area contributed by atoms with Gasteiger partial charge in [-0.3, -0.25) is 9.10 Å². The van der Waals surface area contributed by atoms with Gasteiger partial charge in [-0.15, -0.1) is 5.10 Å². The zero-order valence-corrected chi connectivity index (χ0v) is 17.0. The Morgan fingerprint density at radius 3 is 2.69 bits per heavy atom. The fraction of sp³-hybridized carbons (Fsp3) is 0.263.